The minimum absolute atomic E-state index is 0. The third-order valence-electron chi connectivity index (χ3n) is 9.85. The van der Waals surface area contributed by atoms with Crippen molar-refractivity contribution in [3.63, 3.8) is 0 Å². The second-order valence-electron chi connectivity index (χ2n) is 12.1. The second-order valence-corrected chi connectivity index (χ2v) is 12.1. The van der Waals surface area contributed by atoms with Crippen LogP contribution in [0.4, 0.5) is 0 Å². The van der Waals surface area contributed by atoms with Crippen LogP contribution in [0.5, 0.6) is 23.0 Å². The molecule has 6 rings (SSSR count). The van der Waals surface area contributed by atoms with Crippen molar-refractivity contribution in [2.24, 2.45) is 0 Å². The number of fused-ring (bicyclic) bond motifs is 9. The molecule has 2 amide bonds. The molecule has 11 nitrogen and oxygen atoms in total. The Labute approximate surface area is 287 Å². The van der Waals surface area contributed by atoms with Crippen LogP contribution in [0, 0.1) is 64.8 Å². The van der Waals surface area contributed by atoms with Gasteiger partial charge in [0.2, 0.25) is 18.6 Å². The Balaban J connectivity index is 0.00000368. The van der Waals surface area contributed by atoms with Crippen LogP contribution in [0.15, 0.2) is 6.07 Å². The number of nitrogens with zero attached hydrogens (tertiary/aromatic N) is 2. The van der Waals surface area contributed by atoms with Crippen LogP contribution in [0.3, 0.4) is 0 Å². The van der Waals surface area contributed by atoms with Crippen molar-refractivity contribution in [1.29, 1.82) is 0 Å². The molecule has 2 bridgehead atoms. The Morgan fingerprint density at radius 2 is 1.74 bits per heavy atom. The van der Waals surface area contributed by atoms with E-state index in [1.54, 1.807) is 20.8 Å². The number of rotatable bonds is 5. The molecule has 1 fully saturated rings. The number of amides is 2. The number of carbonyl (C=O) groups is 2. The summed E-state index contributed by atoms with van der Waals surface area (Å²) < 4.78 is 11.7. The first kappa shape index (κ1) is 32.3. The molecule has 229 valence electrons. The van der Waals surface area contributed by atoms with Gasteiger partial charge in [-0.1, -0.05) is 13.0 Å². The number of phenolic OH excluding ortho intramolecular Hbond substituents is 2. The third-order valence-corrected chi connectivity index (χ3v) is 9.85. The van der Waals surface area contributed by atoms with Gasteiger partial charge in [-0.25, -0.2) is 0 Å². The molecule has 6 atom stereocenters. The van der Waals surface area contributed by atoms with Gasteiger partial charge >= 0.3 is 0 Å². The molecule has 5 N–H and O–H groups in total. The van der Waals surface area contributed by atoms with Crippen LogP contribution in [0.25, 0.3) is 0 Å². The van der Waals surface area contributed by atoms with Crippen molar-refractivity contribution in [2.75, 3.05) is 20.4 Å². The number of hydrogen-bond acceptors (Lipinski definition) is 9. The van der Waals surface area contributed by atoms with Gasteiger partial charge in [-0.3, -0.25) is 19.4 Å². The number of hydrogen-bond donors (Lipinski definition) is 5. The zero-order chi connectivity index (χ0) is 30.2. The number of phenols is 2. The van der Waals surface area contributed by atoms with E-state index in [1.165, 1.54) is 0 Å². The predicted molar refractivity (Wildman–Crippen MR) is 154 cm³/mol. The van der Waals surface area contributed by atoms with Crippen molar-refractivity contribution < 1.29 is 78.4 Å². The van der Waals surface area contributed by atoms with Gasteiger partial charge in [-0.15, -0.1) is 0 Å². The van der Waals surface area contributed by atoms with E-state index in [4.69, 9.17) is 9.47 Å². The van der Waals surface area contributed by atoms with E-state index in [9.17, 15) is 24.9 Å². The molecule has 0 saturated carbocycles. The molecule has 0 aliphatic carbocycles. The van der Waals surface area contributed by atoms with Crippen LogP contribution in [0.2, 0.25) is 0 Å². The van der Waals surface area contributed by atoms with Crippen LogP contribution >= 0.6 is 0 Å². The first-order chi connectivity index (χ1) is 20.0. The monoisotopic (exact) mass is 807 g/mol. The minimum atomic E-state index is -0.915. The number of aliphatic hydroxyl groups is 1. The van der Waals surface area contributed by atoms with Gasteiger partial charge in [0.05, 0.1) is 18.1 Å². The van der Waals surface area contributed by atoms with Gasteiger partial charge < -0.3 is 35.4 Å². The molecule has 1 unspecified atom stereocenters. The van der Waals surface area contributed by atoms with Crippen LogP contribution in [-0.2, 0) is 22.4 Å². The Kier molecular flexibility index (Phi) is 9.02. The molecular weight excluding hydrogens is 767 g/mol. The maximum Gasteiger partial charge on any atom is 0.242 e. The smallest absolute Gasteiger partial charge is 0.242 e. The summed E-state index contributed by atoms with van der Waals surface area (Å²) in [4.78, 5) is 29.2. The molecule has 12 heteroatoms. The number of aryl methyl sites for hydroxylation is 1. The summed E-state index contributed by atoms with van der Waals surface area (Å²) in [6.45, 7) is 9.13. The van der Waals surface area contributed by atoms with E-state index in [0.717, 1.165) is 22.3 Å². The molecule has 4 aliphatic heterocycles. The number of piperazine rings is 1. The fourth-order valence-corrected chi connectivity index (χ4v) is 7.48. The van der Waals surface area contributed by atoms with Gasteiger partial charge in [-0.05, 0) is 64.3 Å². The standard InChI is InChI=1S/C31H40N4O7.Ac/c1-7-22(36)33-16(5)30(39)32-11-21-24-18(26(37)15(4)28-29(24)42-12-41-28)10-19-25-23-17(8-13(2)14(3)27(23)38)9-20(34(25)6)31(40)35(19)21;/h8,16,19-21,25,31,37-38,40H,7,9-12H2,1-6H3,(H,32,39)(H,33,36);/t16-,19?,20-,21-,25-,31-;/m0./s1. The Hall–Kier alpha value is -2.10. The van der Waals surface area contributed by atoms with Crippen molar-refractivity contribution in [3.8, 4) is 23.0 Å². The number of aromatic hydroxyl groups is 2. The third kappa shape index (κ3) is 5.02. The van der Waals surface area contributed by atoms with Crippen LogP contribution in [0.1, 0.15) is 71.3 Å². The van der Waals surface area contributed by atoms with Crippen molar-refractivity contribution >= 4 is 11.8 Å². The van der Waals surface area contributed by atoms with E-state index in [0.29, 0.717) is 41.0 Å². The van der Waals surface area contributed by atoms with E-state index >= 15 is 0 Å². The number of nitrogens with one attached hydrogen (secondary N) is 2. The van der Waals surface area contributed by atoms with Gasteiger partial charge in [0, 0.05) is 85.3 Å². The fourth-order valence-electron chi connectivity index (χ4n) is 7.48. The average Bonchev–Trinajstić information content (AvgIpc) is 3.45. The zero-order valence-electron chi connectivity index (χ0n) is 25.5. The summed E-state index contributed by atoms with van der Waals surface area (Å²) in [5, 5.41) is 40.6. The molecule has 2 aromatic carbocycles. The normalized spacial score (nSPS) is 26.0. The molecule has 1 saturated heterocycles. The molecule has 43 heavy (non-hydrogen) atoms. The molecule has 2 aromatic rings. The van der Waals surface area contributed by atoms with Crippen molar-refractivity contribution in [2.45, 2.75) is 90.3 Å². The Bertz CT molecular complexity index is 1480. The van der Waals surface area contributed by atoms with Gasteiger partial charge in [-0.2, -0.15) is 0 Å². The van der Waals surface area contributed by atoms with E-state index in [1.807, 2.05) is 25.8 Å². The van der Waals surface area contributed by atoms with Gasteiger partial charge in [0.15, 0.2) is 11.5 Å². The van der Waals surface area contributed by atoms with Gasteiger partial charge in [0.1, 0.15) is 23.8 Å². The minimum Gasteiger partial charge on any atom is -0.507 e. The SMILES string of the molecule is CCC(=O)N[C@@H](C)C(=O)NC[C@H]1c2c(c(O)c(C)c3c2OCO3)CC2[C@H]3c4c(cc(C)c(C)c4O)C[C@@H]([C@H](O)N21)N3C.[Ac]. The molecule has 0 aromatic heterocycles. The molecule has 0 spiro atoms. The fraction of sp³-hybridized carbons (Fsp3) is 0.548. The van der Waals surface area contributed by atoms with Crippen molar-refractivity contribution in [3.05, 3.63) is 45.0 Å². The van der Waals surface area contributed by atoms with E-state index in [-0.39, 0.29) is 105 Å². The number of likely N-dealkylation sites (N-methyl/N-ethyl adjacent to an activating group) is 1. The average molecular weight is 808 g/mol. The van der Waals surface area contributed by atoms with Crippen LogP contribution in [-0.4, -0.2) is 81.7 Å². The van der Waals surface area contributed by atoms with E-state index < -0.39 is 18.3 Å². The van der Waals surface area contributed by atoms with Crippen LogP contribution < -0.4 is 20.1 Å². The molecule has 4 heterocycles. The Morgan fingerprint density at radius 1 is 1.05 bits per heavy atom. The zero-order valence-corrected chi connectivity index (χ0v) is 30.3. The van der Waals surface area contributed by atoms with E-state index in [2.05, 4.69) is 21.6 Å². The number of ether oxygens (including phenoxy) is 2. The molecule has 1 radical (unpaired) electrons. The maximum atomic E-state index is 13.1. The maximum absolute atomic E-state index is 13.1. The second kappa shape index (κ2) is 12.0. The number of benzene rings is 2. The topological polar surface area (TPSA) is 144 Å². The first-order valence-corrected chi connectivity index (χ1v) is 14.7. The summed E-state index contributed by atoms with van der Waals surface area (Å²) in [5.74, 6) is 0.755. The number of carbonyl (C=O) groups excluding carboxylic acids is 2. The number of aliphatic hydroxyl groups excluding tert-OH is 1. The Morgan fingerprint density at radius 3 is 2.44 bits per heavy atom. The van der Waals surface area contributed by atoms with Crippen molar-refractivity contribution in [1.82, 2.24) is 20.4 Å². The largest absolute Gasteiger partial charge is 0.507 e. The summed E-state index contributed by atoms with van der Waals surface area (Å²) >= 11 is 0. The quantitative estimate of drug-likeness (QED) is 0.307. The summed E-state index contributed by atoms with van der Waals surface area (Å²) in [6.07, 6.45) is 0.281. The summed E-state index contributed by atoms with van der Waals surface area (Å²) in [7, 11) is 1.97. The van der Waals surface area contributed by atoms with Gasteiger partial charge in [0.25, 0.3) is 0 Å². The predicted octanol–water partition coefficient (Wildman–Crippen LogP) is 1.98. The first-order valence-electron chi connectivity index (χ1n) is 14.7. The summed E-state index contributed by atoms with van der Waals surface area (Å²) in [5.41, 5.74) is 5.62. The molecule has 4 aliphatic rings. The summed E-state index contributed by atoms with van der Waals surface area (Å²) in [6, 6.07) is -0.110. The molecular formula is C31H40AcN4O7.